The summed E-state index contributed by atoms with van der Waals surface area (Å²) in [6.45, 7) is 2.24. The quantitative estimate of drug-likeness (QED) is 0.770. The topological polar surface area (TPSA) is 12.0 Å². The fourth-order valence-electron chi connectivity index (χ4n) is 1.78. The van der Waals surface area contributed by atoms with Crippen molar-refractivity contribution in [1.82, 2.24) is 5.32 Å². The number of fused-ring (bicyclic) bond motifs is 1. The number of benzene rings is 1. The zero-order valence-corrected chi connectivity index (χ0v) is 9.25. The molecule has 1 aromatic carbocycles. The van der Waals surface area contributed by atoms with Crippen LogP contribution in [-0.2, 0) is 0 Å². The number of hydrogen-bond donors (Lipinski definition) is 1. The molecule has 2 atom stereocenters. The third-order valence-electron chi connectivity index (χ3n) is 2.40. The maximum atomic E-state index is 5.96. The lowest BCUT2D eigenvalue weighted by molar-refractivity contribution is 0.595. The number of hydrogen-bond acceptors (Lipinski definition) is 2. The predicted octanol–water partition coefficient (Wildman–Crippen LogP) is 3.09. The van der Waals surface area contributed by atoms with Crippen LogP contribution >= 0.6 is 23.4 Å². The highest BCUT2D eigenvalue weighted by Crippen LogP contribution is 2.44. The van der Waals surface area contributed by atoms with E-state index in [-0.39, 0.29) is 0 Å². The summed E-state index contributed by atoms with van der Waals surface area (Å²) < 4.78 is 0. The highest BCUT2D eigenvalue weighted by atomic mass is 35.5. The normalized spacial score (nSPS) is 26.1. The van der Waals surface area contributed by atoms with Crippen LogP contribution in [0.15, 0.2) is 23.1 Å². The summed E-state index contributed by atoms with van der Waals surface area (Å²) in [7, 11) is 2.00. The molecule has 1 aromatic rings. The van der Waals surface area contributed by atoms with E-state index < -0.39 is 0 Å². The van der Waals surface area contributed by atoms with Crippen LogP contribution in [-0.4, -0.2) is 12.3 Å². The Morgan fingerprint density at radius 2 is 2.23 bits per heavy atom. The zero-order valence-electron chi connectivity index (χ0n) is 7.67. The minimum Gasteiger partial charge on any atom is -0.312 e. The van der Waals surface area contributed by atoms with E-state index in [0.717, 1.165) is 5.02 Å². The average molecular weight is 214 g/mol. The minimum absolute atomic E-state index is 0.443. The van der Waals surface area contributed by atoms with Gasteiger partial charge in [0, 0.05) is 21.2 Å². The van der Waals surface area contributed by atoms with Gasteiger partial charge < -0.3 is 5.32 Å². The van der Waals surface area contributed by atoms with Crippen molar-refractivity contribution >= 4 is 23.4 Å². The Bertz CT molecular complexity index is 327. The molecule has 1 nitrogen and oxygen atoms in total. The molecule has 0 bridgehead atoms. The van der Waals surface area contributed by atoms with Gasteiger partial charge in [-0.2, -0.15) is 0 Å². The van der Waals surface area contributed by atoms with Crippen molar-refractivity contribution in [3.05, 3.63) is 28.8 Å². The molecule has 0 fully saturated rings. The monoisotopic (exact) mass is 213 g/mol. The van der Waals surface area contributed by atoms with E-state index >= 15 is 0 Å². The van der Waals surface area contributed by atoms with E-state index in [4.69, 9.17) is 11.6 Å². The van der Waals surface area contributed by atoms with Crippen molar-refractivity contribution in [2.24, 2.45) is 0 Å². The van der Waals surface area contributed by atoms with Gasteiger partial charge in [0.05, 0.1) is 0 Å². The second-order valence-corrected chi connectivity index (χ2v) is 5.13. The molecular weight excluding hydrogens is 202 g/mol. The molecule has 70 valence electrons. The molecule has 2 rings (SSSR count). The Labute approximate surface area is 87.9 Å². The largest absolute Gasteiger partial charge is 0.312 e. The number of nitrogens with one attached hydrogen (secondary N) is 1. The molecule has 0 aromatic heterocycles. The summed E-state index contributed by atoms with van der Waals surface area (Å²) in [6.07, 6.45) is 0. The van der Waals surface area contributed by atoms with Gasteiger partial charge in [-0.3, -0.25) is 0 Å². The first-order valence-electron chi connectivity index (χ1n) is 4.35. The first-order chi connectivity index (χ1) is 6.22. The molecule has 3 heteroatoms. The van der Waals surface area contributed by atoms with Crippen molar-refractivity contribution in [3.63, 3.8) is 0 Å². The molecule has 13 heavy (non-hydrogen) atoms. The van der Waals surface area contributed by atoms with Gasteiger partial charge in [-0.1, -0.05) is 18.5 Å². The molecule has 0 radical (unpaired) electrons. The van der Waals surface area contributed by atoms with Gasteiger partial charge in [0.2, 0.25) is 0 Å². The SMILES string of the molecule is CNC1c2cc(Cl)ccc2SC1C. The van der Waals surface area contributed by atoms with E-state index in [1.807, 2.05) is 24.9 Å². The number of halogens is 1. The summed E-state index contributed by atoms with van der Waals surface area (Å²) in [4.78, 5) is 1.36. The van der Waals surface area contributed by atoms with Crippen LogP contribution in [0.4, 0.5) is 0 Å². The van der Waals surface area contributed by atoms with Crippen LogP contribution in [0.25, 0.3) is 0 Å². The lowest BCUT2D eigenvalue weighted by atomic mass is 10.1. The van der Waals surface area contributed by atoms with Crippen LogP contribution in [0.1, 0.15) is 18.5 Å². The number of thioether (sulfide) groups is 1. The smallest absolute Gasteiger partial charge is 0.0450 e. The van der Waals surface area contributed by atoms with E-state index in [2.05, 4.69) is 24.4 Å². The molecule has 0 spiro atoms. The van der Waals surface area contributed by atoms with Crippen molar-refractivity contribution in [1.29, 1.82) is 0 Å². The molecule has 1 heterocycles. The molecule has 1 aliphatic rings. The fraction of sp³-hybridized carbons (Fsp3) is 0.400. The second kappa shape index (κ2) is 3.52. The Morgan fingerprint density at radius 1 is 1.46 bits per heavy atom. The van der Waals surface area contributed by atoms with Gasteiger partial charge in [-0.05, 0) is 30.8 Å². The zero-order chi connectivity index (χ0) is 9.42. The van der Waals surface area contributed by atoms with Gasteiger partial charge in [0.25, 0.3) is 0 Å². The highest BCUT2D eigenvalue weighted by Gasteiger charge is 2.28. The standard InChI is InChI=1S/C10H12ClNS/c1-6-10(12-2)8-5-7(11)3-4-9(8)13-6/h3-6,10,12H,1-2H3. The first kappa shape index (κ1) is 9.38. The Kier molecular flexibility index (Phi) is 2.54. The molecule has 1 N–H and O–H groups in total. The van der Waals surface area contributed by atoms with E-state index in [0.29, 0.717) is 11.3 Å². The second-order valence-electron chi connectivity index (χ2n) is 3.27. The molecule has 1 aliphatic heterocycles. The summed E-state index contributed by atoms with van der Waals surface area (Å²) in [5.41, 5.74) is 1.34. The molecular formula is C10H12ClNS. The van der Waals surface area contributed by atoms with Gasteiger partial charge in [0.1, 0.15) is 0 Å². The number of rotatable bonds is 1. The third kappa shape index (κ3) is 1.58. The van der Waals surface area contributed by atoms with Crippen LogP contribution in [0.5, 0.6) is 0 Å². The summed E-state index contributed by atoms with van der Waals surface area (Å²) in [5, 5.41) is 4.74. The van der Waals surface area contributed by atoms with Crippen LogP contribution < -0.4 is 5.32 Å². The van der Waals surface area contributed by atoms with Crippen molar-refractivity contribution in [3.8, 4) is 0 Å². The van der Waals surface area contributed by atoms with Gasteiger partial charge >= 0.3 is 0 Å². The summed E-state index contributed by atoms with van der Waals surface area (Å²) in [6, 6.07) is 6.57. The third-order valence-corrected chi connectivity index (χ3v) is 3.90. The van der Waals surface area contributed by atoms with E-state index in [1.165, 1.54) is 10.5 Å². The summed E-state index contributed by atoms with van der Waals surface area (Å²) >= 11 is 7.87. The van der Waals surface area contributed by atoms with Crippen LogP contribution in [0.3, 0.4) is 0 Å². The lowest BCUT2D eigenvalue weighted by Crippen LogP contribution is -2.21. The molecule has 0 saturated carbocycles. The van der Waals surface area contributed by atoms with Crippen molar-refractivity contribution in [2.45, 2.75) is 23.1 Å². The molecule has 0 saturated heterocycles. The minimum atomic E-state index is 0.443. The maximum absolute atomic E-state index is 5.96. The average Bonchev–Trinajstić information content (AvgIpc) is 2.40. The van der Waals surface area contributed by atoms with Gasteiger partial charge in [-0.15, -0.1) is 11.8 Å². The molecule has 2 unspecified atom stereocenters. The maximum Gasteiger partial charge on any atom is 0.0450 e. The van der Waals surface area contributed by atoms with E-state index in [9.17, 15) is 0 Å². The first-order valence-corrected chi connectivity index (χ1v) is 5.61. The van der Waals surface area contributed by atoms with E-state index in [1.54, 1.807) is 0 Å². The summed E-state index contributed by atoms with van der Waals surface area (Å²) in [5.74, 6) is 0. The van der Waals surface area contributed by atoms with Gasteiger partial charge in [0.15, 0.2) is 0 Å². The molecule has 0 aliphatic carbocycles. The Morgan fingerprint density at radius 3 is 2.92 bits per heavy atom. The fourth-order valence-corrected chi connectivity index (χ4v) is 3.25. The van der Waals surface area contributed by atoms with Crippen LogP contribution in [0.2, 0.25) is 5.02 Å². The molecule has 0 amide bonds. The van der Waals surface area contributed by atoms with Crippen molar-refractivity contribution in [2.75, 3.05) is 7.05 Å². The highest BCUT2D eigenvalue weighted by molar-refractivity contribution is 8.00. The predicted molar refractivity (Wildman–Crippen MR) is 58.6 cm³/mol. The Balaban J connectivity index is 2.44. The van der Waals surface area contributed by atoms with Gasteiger partial charge in [-0.25, -0.2) is 0 Å². The lowest BCUT2D eigenvalue weighted by Gasteiger charge is -2.14. The Hall–Kier alpha value is -0.180. The van der Waals surface area contributed by atoms with Crippen molar-refractivity contribution < 1.29 is 0 Å². The van der Waals surface area contributed by atoms with Crippen LogP contribution in [0, 0.1) is 0 Å².